The molecule has 6 rings (SSSR count). The van der Waals surface area contributed by atoms with Gasteiger partial charge in [0.15, 0.2) is 11.9 Å². The molecule has 184 valence electrons. The first-order chi connectivity index (χ1) is 17.7. The highest BCUT2D eigenvalue weighted by Crippen LogP contribution is 2.35. The lowest BCUT2D eigenvalue weighted by atomic mass is 10.1. The summed E-state index contributed by atoms with van der Waals surface area (Å²) in [4.78, 5) is 29.6. The SMILES string of the molecule is O=C(NC1CCCCCC1)C1c2cccn2-c2c(cnn2-c2ccccc2)C(=O)N1Cc1ccco1. The van der Waals surface area contributed by atoms with Crippen LogP contribution in [0.25, 0.3) is 11.5 Å². The Morgan fingerprint density at radius 1 is 1.00 bits per heavy atom. The quantitative estimate of drug-likeness (QED) is 0.414. The summed E-state index contributed by atoms with van der Waals surface area (Å²) in [7, 11) is 0. The van der Waals surface area contributed by atoms with Gasteiger partial charge in [-0.3, -0.25) is 9.59 Å². The second-order valence-electron chi connectivity index (χ2n) is 9.54. The van der Waals surface area contributed by atoms with Crippen molar-refractivity contribution in [1.29, 1.82) is 0 Å². The van der Waals surface area contributed by atoms with Crippen molar-refractivity contribution in [2.45, 2.75) is 57.2 Å². The fourth-order valence-corrected chi connectivity index (χ4v) is 5.44. The zero-order valence-corrected chi connectivity index (χ0v) is 20.0. The third-order valence-corrected chi connectivity index (χ3v) is 7.19. The zero-order valence-electron chi connectivity index (χ0n) is 20.0. The molecule has 36 heavy (non-hydrogen) atoms. The Bertz CT molecular complexity index is 1350. The molecular weight excluding hydrogens is 454 g/mol. The highest BCUT2D eigenvalue weighted by molar-refractivity contribution is 6.01. The van der Waals surface area contributed by atoms with Crippen molar-refractivity contribution in [3.05, 3.63) is 90.3 Å². The smallest absolute Gasteiger partial charge is 0.260 e. The molecule has 8 heteroatoms. The zero-order chi connectivity index (χ0) is 24.5. The minimum atomic E-state index is -0.808. The molecule has 0 saturated heterocycles. The molecule has 8 nitrogen and oxygen atoms in total. The highest BCUT2D eigenvalue weighted by Gasteiger charge is 2.40. The van der Waals surface area contributed by atoms with Gasteiger partial charge in [0, 0.05) is 12.2 Å². The molecule has 1 aliphatic heterocycles. The van der Waals surface area contributed by atoms with E-state index in [1.807, 2.05) is 59.3 Å². The van der Waals surface area contributed by atoms with Gasteiger partial charge in [0.2, 0.25) is 5.91 Å². The van der Waals surface area contributed by atoms with Gasteiger partial charge in [-0.25, -0.2) is 4.68 Å². The van der Waals surface area contributed by atoms with Crippen LogP contribution in [-0.2, 0) is 11.3 Å². The molecule has 0 radical (unpaired) electrons. The van der Waals surface area contributed by atoms with E-state index in [-0.39, 0.29) is 24.4 Å². The third-order valence-electron chi connectivity index (χ3n) is 7.19. The maximum atomic E-state index is 14.1. The Kier molecular flexibility index (Phi) is 5.93. The van der Waals surface area contributed by atoms with Gasteiger partial charge in [-0.15, -0.1) is 0 Å². The topological polar surface area (TPSA) is 85.3 Å². The lowest BCUT2D eigenvalue weighted by Gasteiger charge is -2.30. The average molecular weight is 484 g/mol. The number of amides is 2. The van der Waals surface area contributed by atoms with E-state index in [1.54, 1.807) is 28.1 Å². The van der Waals surface area contributed by atoms with Gasteiger partial charge < -0.3 is 19.2 Å². The van der Waals surface area contributed by atoms with E-state index in [4.69, 9.17) is 4.42 Å². The maximum absolute atomic E-state index is 14.1. The minimum Gasteiger partial charge on any atom is -0.467 e. The number of nitrogens with zero attached hydrogens (tertiary/aromatic N) is 4. The van der Waals surface area contributed by atoms with E-state index in [9.17, 15) is 9.59 Å². The van der Waals surface area contributed by atoms with Crippen molar-refractivity contribution in [2.75, 3.05) is 0 Å². The van der Waals surface area contributed by atoms with Crippen molar-refractivity contribution < 1.29 is 14.0 Å². The number of rotatable bonds is 5. The van der Waals surface area contributed by atoms with Crippen LogP contribution in [0.1, 0.15) is 66.4 Å². The van der Waals surface area contributed by atoms with Crippen molar-refractivity contribution in [3.8, 4) is 11.5 Å². The number of para-hydroxylation sites is 1. The predicted octanol–water partition coefficient (Wildman–Crippen LogP) is 4.79. The van der Waals surface area contributed by atoms with E-state index in [1.165, 1.54) is 12.8 Å². The molecule has 4 heterocycles. The van der Waals surface area contributed by atoms with Crippen LogP contribution in [0.3, 0.4) is 0 Å². The number of hydrogen-bond donors (Lipinski definition) is 1. The van der Waals surface area contributed by atoms with Crippen LogP contribution < -0.4 is 5.32 Å². The Morgan fingerprint density at radius 3 is 2.56 bits per heavy atom. The second-order valence-corrected chi connectivity index (χ2v) is 9.54. The van der Waals surface area contributed by atoms with E-state index in [0.717, 1.165) is 37.1 Å². The number of carbonyl (C=O) groups is 2. The van der Waals surface area contributed by atoms with Crippen molar-refractivity contribution in [1.82, 2.24) is 24.6 Å². The van der Waals surface area contributed by atoms with Gasteiger partial charge in [0.1, 0.15) is 11.3 Å². The maximum Gasteiger partial charge on any atom is 0.260 e. The second kappa shape index (κ2) is 9.53. The highest BCUT2D eigenvalue weighted by atomic mass is 16.3. The number of furan rings is 1. The first kappa shape index (κ1) is 22.4. The summed E-state index contributed by atoms with van der Waals surface area (Å²) in [6.45, 7) is 0.176. The van der Waals surface area contributed by atoms with Crippen LogP contribution in [0, 0.1) is 0 Å². The summed E-state index contributed by atoms with van der Waals surface area (Å²) in [5.74, 6) is 0.826. The average Bonchev–Trinajstić information content (AvgIpc) is 3.62. The van der Waals surface area contributed by atoms with Crippen LogP contribution in [0.5, 0.6) is 0 Å². The fraction of sp³-hybridized carbons (Fsp3) is 0.321. The molecule has 1 N–H and O–H groups in total. The van der Waals surface area contributed by atoms with Crippen molar-refractivity contribution in [2.24, 2.45) is 0 Å². The normalized spacial score (nSPS) is 18.3. The van der Waals surface area contributed by atoms with Gasteiger partial charge in [-0.2, -0.15) is 5.10 Å². The predicted molar refractivity (Wildman–Crippen MR) is 134 cm³/mol. The number of aromatic nitrogens is 3. The molecule has 1 aliphatic carbocycles. The van der Waals surface area contributed by atoms with Crippen molar-refractivity contribution in [3.63, 3.8) is 0 Å². The lowest BCUT2D eigenvalue weighted by Crippen LogP contribution is -2.46. The lowest BCUT2D eigenvalue weighted by molar-refractivity contribution is -0.127. The fourth-order valence-electron chi connectivity index (χ4n) is 5.44. The van der Waals surface area contributed by atoms with Crippen LogP contribution in [-0.4, -0.2) is 37.1 Å². The van der Waals surface area contributed by atoms with Crippen LogP contribution in [0.2, 0.25) is 0 Å². The Morgan fingerprint density at radius 2 is 1.81 bits per heavy atom. The summed E-state index contributed by atoms with van der Waals surface area (Å²) in [6.07, 6.45) is 11.6. The molecule has 1 unspecified atom stereocenters. The van der Waals surface area contributed by atoms with E-state index >= 15 is 0 Å². The molecule has 1 saturated carbocycles. The Balaban J connectivity index is 1.46. The minimum absolute atomic E-state index is 0.120. The number of benzene rings is 1. The van der Waals surface area contributed by atoms with Gasteiger partial charge in [0.05, 0.1) is 30.4 Å². The molecule has 1 atom stereocenters. The van der Waals surface area contributed by atoms with Crippen LogP contribution in [0.15, 0.2) is 77.7 Å². The summed E-state index contributed by atoms with van der Waals surface area (Å²) in [6, 6.07) is 16.5. The first-order valence-corrected chi connectivity index (χ1v) is 12.7. The van der Waals surface area contributed by atoms with Gasteiger partial charge in [0.25, 0.3) is 5.91 Å². The molecular formula is C28H29N5O3. The van der Waals surface area contributed by atoms with Gasteiger partial charge in [-0.05, 0) is 49.2 Å². The number of nitrogens with one attached hydrogen (secondary N) is 1. The Hall–Kier alpha value is -4.07. The number of carbonyl (C=O) groups excluding carboxylic acids is 2. The third kappa shape index (κ3) is 4.02. The molecule has 4 aromatic rings. The van der Waals surface area contributed by atoms with Gasteiger partial charge >= 0.3 is 0 Å². The molecule has 2 aliphatic rings. The number of fused-ring (bicyclic) bond motifs is 3. The largest absolute Gasteiger partial charge is 0.467 e. The van der Waals surface area contributed by atoms with Gasteiger partial charge in [-0.1, -0.05) is 43.9 Å². The van der Waals surface area contributed by atoms with Crippen LogP contribution in [0.4, 0.5) is 0 Å². The molecule has 1 aromatic carbocycles. The number of hydrogen-bond acceptors (Lipinski definition) is 4. The van der Waals surface area contributed by atoms with E-state index in [0.29, 0.717) is 17.1 Å². The molecule has 3 aromatic heterocycles. The first-order valence-electron chi connectivity index (χ1n) is 12.7. The summed E-state index contributed by atoms with van der Waals surface area (Å²) >= 11 is 0. The molecule has 0 bridgehead atoms. The van der Waals surface area contributed by atoms with Crippen molar-refractivity contribution >= 4 is 11.8 Å². The van der Waals surface area contributed by atoms with E-state index < -0.39 is 6.04 Å². The molecule has 1 fully saturated rings. The Labute approximate surface area is 209 Å². The standard InChI is InChI=1S/C28H29N5O3/c34-26(30-20-10-4-1-2-5-11-20)25-24-15-8-16-31(24)27-23(18-29-33(27)21-12-6-3-7-13-21)28(35)32(25)19-22-14-9-17-36-22/h3,6-9,12-18,20,25H,1-2,4-5,10-11,19H2,(H,30,34). The molecule has 2 amide bonds. The summed E-state index contributed by atoms with van der Waals surface area (Å²) in [5, 5.41) is 7.85. The molecule has 0 spiro atoms. The summed E-state index contributed by atoms with van der Waals surface area (Å²) in [5.41, 5.74) is 2.00. The monoisotopic (exact) mass is 483 g/mol. The van der Waals surface area contributed by atoms with Crippen LogP contribution >= 0.6 is 0 Å². The van der Waals surface area contributed by atoms with E-state index in [2.05, 4.69) is 10.4 Å². The summed E-state index contributed by atoms with van der Waals surface area (Å²) < 4.78 is 9.28.